The van der Waals surface area contributed by atoms with Crippen LogP contribution in [0, 0.1) is 0 Å². The molecule has 2 unspecified atom stereocenters. The topological polar surface area (TPSA) is 95.9 Å². The maximum Gasteiger partial charge on any atom is 0.305 e. The summed E-state index contributed by atoms with van der Waals surface area (Å²) in [6, 6.07) is -0.545. The van der Waals surface area contributed by atoms with Crippen molar-refractivity contribution in [2.45, 2.75) is 386 Å². The maximum atomic E-state index is 12.5. The fourth-order valence-corrected chi connectivity index (χ4v) is 10.7. The molecule has 0 aliphatic heterocycles. The van der Waals surface area contributed by atoms with E-state index in [9.17, 15) is 19.8 Å². The molecule has 0 saturated heterocycles. The number of carbonyl (C=O) groups excluding carboxylic acids is 2. The Kier molecular flexibility index (Phi) is 62.4. The number of esters is 1. The van der Waals surface area contributed by atoms with Crippen molar-refractivity contribution in [1.29, 1.82) is 0 Å². The zero-order valence-corrected chi connectivity index (χ0v) is 50.1. The summed E-state index contributed by atoms with van der Waals surface area (Å²) in [7, 11) is 0. The number of allylic oxidation sites excluding steroid dienone is 3. The molecular weight excluding hydrogens is 911 g/mol. The van der Waals surface area contributed by atoms with Gasteiger partial charge in [-0.2, -0.15) is 0 Å². The van der Waals surface area contributed by atoms with Gasteiger partial charge in [-0.1, -0.05) is 340 Å². The Morgan fingerprint density at radius 3 is 1.03 bits per heavy atom. The number of carbonyl (C=O) groups is 2. The maximum absolute atomic E-state index is 12.5. The van der Waals surface area contributed by atoms with Crippen molar-refractivity contribution in [3.63, 3.8) is 0 Å². The van der Waals surface area contributed by atoms with Gasteiger partial charge < -0.3 is 20.3 Å². The molecule has 0 bridgehead atoms. The van der Waals surface area contributed by atoms with Gasteiger partial charge >= 0.3 is 5.97 Å². The predicted octanol–water partition coefficient (Wildman–Crippen LogP) is 21.4. The van der Waals surface area contributed by atoms with E-state index in [1.807, 2.05) is 0 Å². The highest BCUT2D eigenvalue weighted by Gasteiger charge is 2.20. The highest BCUT2D eigenvalue weighted by molar-refractivity contribution is 5.76. The van der Waals surface area contributed by atoms with E-state index in [1.54, 1.807) is 0 Å². The highest BCUT2D eigenvalue weighted by Crippen LogP contribution is 2.19. The molecule has 6 heteroatoms. The first kappa shape index (κ1) is 72.3. The number of aliphatic hydroxyl groups is 2. The van der Waals surface area contributed by atoms with Gasteiger partial charge in [0.2, 0.25) is 5.91 Å². The van der Waals surface area contributed by atoms with Gasteiger partial charge in [-0.25, -0.2) is 0 Å². The Balaban J connectivity index is 3.42. The highest BCUT2D eigenvalue weighted by atomic mass is 16.5. The van der Waals surface area contributed by atoms with Crippen molar-refractivity contribution in [3.8, 4) is 0 Å². The summed E-state index contributed by atoms with van der Waals surface area (Å²) in [5, 5.41) is 23.3. The number of nitrogens with one attached hydrogen (secondary N) is 1. The van der Waals surface area contributed by atoms with E-state index in [0.29, 0.717) is 25.9 Å². The van der Waals surface area contributed by atoms with Gasteiger partial charge in [0.05, 0.1) is 25.4 Å². The van der Waals surface area contributed by atoms with Gasteiger partial charge in [0, 0.05) is 12.8 Å². The summed E-state index contributed by atoms with van der Waals surface area (Å²) < 4.78 is 5.44. The van der Waals surface area contributed by atoms with Crippen LogP contribution in [0.5, 0.6) is 0 Å². The van der Waals surface area contributed by atoms with Gasteiger partial charge in [-0.3, -0.25) is 9.59 Å². The van der Waals surface area contributed by atoms with Crippen LogP contribution in [0.15, 0.2) is 24.3 Å². The number of hydrogen-bond donors (Lipinski definition) is 3. The second kappa shape index (κ2) is 63.9. The Morgan fingerprint density at radius 1 is 0.378 bits per heavy atom. The monoisotopic (exact) mass is 1040 g/mol. The average molecular weight is 1040 g/mol. The predicted molar refractivity (Wildman–Crippen MR) is 324 cm³/mol. The molecule has 3 N–H and O–H groups in total. The Morgan fingerprint density at radius 2 is 0.676 bits per heavy atom. The summed E-state index contributed by atoms with van der Waals surface area (Å²) in [5.41, 5.74) is 0. The van der Waals surface area contributed by atoms with Gasteiger partial charge in [-0.05, 0) is 44.9 Å². The third-order valence-electron chi connectivity index (χ3n) is 15.8. The van der Waals surface area contributed by atoms with Crippen LogP contribution in [0.25, 0.3) is 0 Å². The Labute approximate surface area is 462 Å². The summed E-state index contributed by atoms with van der Waals surface area (Å²) in [4.78, 5) is 24.6. The molecule has 0 rings (SSSR count). The first-order valence-electron chi connectivity index (χ1n) is 33.6. The summed E-state index contributed by atoms with van der Waals surface area (Å²) >= 11 is 0. The number of amides is 1. The minimum absolute atomic E-state index is 0.0296. The van der Waals surface area contributed by atoms with Crippen LogP contribution in [0.2, 0.25) is 0 Å². The summed E-state index contributed by atoms with van der Waals surface area (Å²) in [6.07, 6.45) is 79.4. The molecule has 0 aliphatic rings. The second-order valence-electron chi connectivity index (χ2n) is 23.2. The van der Waals surface area contributed by atoms with Crippen LogP contribution in [0.3, 0.4) is 0 Å². The lowest BCUT2D eigenvalue weighted by Gasteiger charge is -2.22. The molecule has 1 amide bonds. The molecule has 0 aromatic heterocycles. The smallest absolute Gasteiger partial charge is 0.305 e. The lowest BCUT2D eigenvalue weighted by molar-refractivity contribution is -0.143. The van der Waals surface area contributed by atoms with Crippen LogP contribution in [-0.2, 0) is 14.3 Å². The molecular formula is C68H131NO5. The second-order valence-corrected chi connectivity index (χ2v) is 23.2. The van der Waals surface area contributed by atoms with Crippen LogP contribution >= 0.6 is 0 Å². The van der Waals surface area contributed by atoms with Crippen molar-refractivity contribution in [3.05, 3.63) is 24.3 Å². The molecule has 0 aromatic rings. The molecule has 74 heavy (non-hydrogen) atoms. The number of ether oxygens (including phenoxy) is 1. The SMILES string of the molecule is CCCCCCCCCCCCCCCCCCCCCC(=O)OCC/C=C\C/C=C\CCCCCCCCCCCCCCCCC(=O)NC(CO)C(O)CCCCCCCCCCCCCCCCCCC. The largest absolute Gasteiger partial charge is 0.465 e. The molecule has 0 aliphatic carbocycles. The van der Waals surface area contributed by atoms with Gasteiger partial charge in [0.1, 0.15) is 0 Å². The first-order chi connectivity index (χ1) is 36.5. The Bertz CT molecular complexity index is 1150. The number of rotatable bonds is 63. The van der Waals surface area contributed by atoms with Crippen molar-refractivity contribution >= 4 is 11.9 Å². The lowest BCUT2D eigenvalue weighted by Crippen LogP contribution is -2.45. The molecule has 2 atom stereocenters. The molecule has 6 nitrogen and oxygen atoms in total. The molecule has 438 valence electrons. The van der Waals surface area contributed by atoms with Gasteiger partial charge in [-0.15, -0.1) is 0 Å². The zero-order valence-electron chi connectivity index (χ0n) is 50.1. The first-order valence-corrected chi connectivity index (χ1v) is 33.6. The molecule has 0 heterocycles. The standard InChI is InChI=1S/C68H131NO5/c1-3-5-7-9-11-13-15-17-19-21-25-30-34-38-42-46-50-54-58-62-68(73)74-63-59-55-51-47-43-39-35-31-27-24-22-23-26-29-33-37-41-45-49-53-57-61-67(72)69-65(64-70)66(71)60-56-52-48-44-40-36-32-28-20-18-16-14-12-10-8-6-4-2/h39,43,51,55,65-66,70-71H,3-38,40-42,44-50,52-54,56-64H2,1-2H3,(H,69,72)/b43-39-,55-51-. The summed E-state index contributed by atoms with van der Waals surface area (Å²) in [6.45, 7) is 4.88. The van der Waals surface area contributed by atoms with E-state index in [2.05, 4.69) is 43.5 Å². The molecule has 0 fully saturated rings. The minimum Gasteiger partial charge on any atom is -0.465 e. The van der Waals surface area contributed by atoms with Crippen LogP contribution in [0.4, 0.5) is 0 Å². The van der Waals surface area contributed by atoms with Crippen LogP contribution in [0.1, 0.15) is 373 Å². The van der Waals surface area contributed by atoms with Crippen molar-refractivity contribution in [2.75, 3.05) is 13.2 Å². The molecule has 0 aromatic carbocycles. The normalized spacial score (nSPS) is 12.6. The zero-order chi connectivity index (χ0) is 53.6. The van der Waals surface area contributed by atoms with Gasteiger partial charge in [0.15, 0.2) is 0 Å². The fraction of sp³-hybridized carbons (Fsp3) is 0.912. The quantitative estimate of drug-likeness (QED) is 0.0320. The third kappa shape index (κ3) is 59.6. The number of hydrogen-bond acceptors (Lipinski definition) is 5. The molecule has 0 spiro atoms. The molecule has 0 radical (unpaired) electrons. The minimum atomic E-state index is -0.668. The summed E-state index contributed by atoms with van der Waals surface area (Å²) in [5.74, 6) is -0.0662. The van der Waals surface area contributed by atoms with Crippen molar-refractivity contribution in [2.24, 2.45) is 0 Å². The third-order valence-corrected chi connectivity index (χ3v) is 15.8. The van der Waals surface area contributed by atoms with Gasteiger partial charge in [0.25, 0.3) is 0 Å². The van der Waals surface area contributed by atoms with E-state index >= 15 is 0 Å². The van der Waals surface area contributed by atoms with Crippen LogP contribution in [-0.4, -0.2) is 47.4 Å². The van der Waals surface area contributed by atoms with E-state index in [-0.39, 0.29) is 18.5 Å². The van der Waals surface area contributed by atoms with E-state index in [1.165, 1.54) is 289 Å². The Hall–Kier alpha value is -1.66. The molecule has 0 saturated carbocycles. The van der Waals surface area contributed by atoms with E-state index in [4.69, 9.17) is 4.74 Å². The van der Waals surface area contributed by atoms with Crippen molar-refractivity contribution < 1.29 is 24.5 Å². The van der Waals surface area contributed by atoms with E-state index < -0.39 is 12.1 Å². The van der Waals surface area contributed by atoms with E-state index in [0.717, 1.165) is 51.4 Å². The lowest BCUT2D eigenvalue weighted by atomic mass is 10.0. The fourth-order valence-electron chi connectivity index (χ4n) is 10.7. The number of unbranched alkanes of at least 4 members (excludes halogenated alkanes) is 48. The number of aliphatic hydroxyl groups excluding tert-OH is 2. The van der Waals surface area contributed by atoms with Crippen molar-refractivity contribution in [1.82, 2.24) is 5.32 Å². The average Bonchev–Trinajstić information content (AvgIpc) is 3.40. The van der Waals surface area contributed by atoms with Crippen LogP contribution < -0.4 is 5.32 Å².